The highest BCUT2D eigenvalue weighted by atomic mass is 15.2. The van der Waals surface area contributed by atoms with Gasteiger partial charge in [-0.15, -0.1) is 0 Å². The van der Waals surface area contributed by atoms with Gasteiger partial charge in [0, 0.05) is 25.0 Å². The van der Waals surface area contributed by atoms with E-state index in [0.29, 0.717) is 0 Å². The maximum atomic E-state index is 4.72. The fourth-order valence-electron chi connectivity index (χ4n) is 2.30. The molecule has 108 valence electrons. The normalized spacial score (nSPS) is 10.8. The molecule has 0 aliphatic carbocycles. The highest BCUT2D eigenvalue weighted by molar-refractivity contribution is 5.90. The van der Waals surface area contributed by atoms with E-state index in [-0.39, 0.29) is 0 Å². The average molecular weight is 272 g/mol. The Labute approximate surface area is 121 Å². The molecule has 0 atom stereocenters. The van der Waals surface area contributed by atoms with Crippen LogP contribution in [0, 0.1) is 0 Å². The number of nitrogens with zero attached hydrogens (tertiary/aromatic N) is 3. The first-order chi connectivity index (χ1) is 9.80. The standard InChI is InChI=1S/C16H24N4/c1-4-7-12-20(6-3)15-13-10-8-9-11-14(13)18-16(19-15)17-5-2/h8-11H,4-7,12H2,1-3H3,(H,17,18,19). The van der Waals surface area contributed by atoms with Crippen LogP contribution in [0.15, 0.2) is 24.3 Å². The van der Waals surface area contributed by atoms with Crippen LogP contribution >= 0.6 is 0 Å². The minimum Gasteiger partial charge on any atom is -0.356 e. The van der Waals surface area contributed by atoms with Gasteiger partial charge < -0.3 is 10.2 Å². The second-order valence-corrected chi connectivity index (χ2v) is 4.85. The van der Waals surface area contributed by atoms with E-state index in [9.17, 15) is 0 Å². The summed E-state index contributed by atoms with van der Waals surface area (Å²) in [5.41, 5.74) is 1.00. The van der Waals surface area contributed by atoms with Crippen molar-refractivity contribution in [3.63, 3.8) is 0 Å². The second kappa shape index (κ2) is 7.08. The highest BCUT2D eigenvalue weighted by Crippen LogP contribution is 2.25. The molecule has 1 aromatic carbocycles. The predicted octanol–water partition coefficient (Wildman–Crippen LogP) is 3.69. The minimum absolute atomic E-state index is 0.719. The van der Waals surface area contributed by atoms with Gasteiger partial charge in [-0.25, -0.2) is 4.98 Å². The van der Waals surface area contributed by atoms with Crippen LogP contribution in [0.5, 0.6) is 0 Å². The summed E-state index contributed by atoms with van der Waals surface area (Å²) < 4.78 is 0. The van der Waals surface area contributed by atoms with Crippen LogP contribution in [-0.2, 0) is 0 Å². The van der Waals surface area contributed by atoms with Crippen molar-refractivity contribution in [3.05, 3.63) is 24.3 Å². The van der Waals surface area contributed by atoms with Gasteiger partial charge in [0.2, 0.25) is 5.95 Å². The number of aromatic nitrogens is 2. The van der Waals surface area contributed by atoms with Crippen LogP contribution in [0.4, 0.5) is 11.8 Å². The van der Waals surface area contributed by atoms with E-state index >= 15 is 0 Å². The largest absolute Gasteiger partial charge is 0.356 e. The van der Waals surface area contributed by atoms with Gasteiger partial charge in [-0.05, 0) is 32.4 Å². The summed E-state index contributed by atoms with van der Waals surface area (Å²) >= 11 is 0. The van der Waals surface area contributed by atoms with Gasteiger partial charge >= 0.3 is 0 Å². The molecule has 4 heteroatoms. The van der Waals surface area contributed by atoms with Crippen molar-refractivity contribution in [1.82, 2.24) is 9.97 Å². The molecular weight excluding hydrogens is 248 g/mol. The predicted molar refractivity (Wildman–Crippen MR) is 86.5 cm³/mol. The first-order valence-corrected chi connectivity index (χ1v) is 7.55. The van der Waals surface area contributed by atoms with Crippen molar-refractivity contribution >= 4 is 22.7 Å². The van der Waals surface area contributed by atoms with Gasteiger partial charge in [0.15, 0.2) is 0 Å². The van der Waals surface area contributed by atoms with Crippen molar-refractivity contribution in [3.8, 4) is 0 Å². The number of hydrogen-bond donors (Lipinski definition) is 1. The summed E-state index contributed by atoms with van der Waals surface area (Å²) in [6.45, 7) is 9.30. The van der Waals surface area contributed by atoms with Crippen molar-refractivity contribution in [2.75, 3.05) is 29.9 Å². The smallest absolute Gasteiger partial charge is 0.225 e. The molecule has 0 saturated carbocycles. The van der Waals surface area contributed by atoms with Crippen molar-refractivity contribution < 1.29 is 0 Å². The van der Waals surface area contributed by atoms with Crippen LogP contribution < -0.4 is 10.2 Å². The van der Waals surface area contributed by atoms with Gasteiger partial charge in [0.05, 0.1) is 5.52 Å². The van der Waals surface area contributed by atoms with Crippen LogP contribution in [0.1, 0.15) is 33.6 Å². The third kappa shape index (κ3) is 3.18. The van der Waals surface area contributed by atoms with Crippen molar-refractivity contribution in [2.24, 2.45) is 0 Å². The van der Waals surface area contributed by atoms with E-state index in [2.05, 4.69) is 54.2 Å². The topological polar surface area (TPSA) is 41.1 Å². The molecule has 0 amide bonds. The molecular formula is C16H24N4. The van der Waals surface area contributed by atoms with Crippen LogP contribution in [0.25, 0.3) is 10.9 Å². The molecule has 1 heterocycles. The number of rotatable bonds is 7. The number of nitrogens with one attached hydrogen (secondary N) is 1. The molecule has 0 fully saturated rings. The Kier molecular flexibility index (Phi) is 5.16. The molecule has 2 aromatic rings. The average Bonchev–Trinajstić information content (AvgIpc) is 2.48. The molecule has 0 radical (unpaired) electrons. The lowest BCUT2D eigenvalue weighted by atomic mass is 10.2. The summed E-state index contributed by atoms with van der Waals surface area (Å²) in [6.07, 6.45) is 2.38. The Balaban J connectivity index is 2.47. The van der Waals surface area contributed by atoms with E-state index in [1.807, 2.05) is 6.07 Å². The number of unbranched alkanes of at least 4 members (excludes halogenated alkanes) is 1. The summed E-state index contributed by atoms with van der Waals surface area (Å²) in [5, 5.41) is 4.36. The molecule has 4 nitrogen and oxygen atoms in total. The summed E-state index contributed by atoms with van der Waals surface area (Å²) in [4.78, 5) is 11.6. The SMILES string of the molecule is CCCCN(CC)c1nc(NCC)nc2ccccc12. The molecule has 0 saturated heterocycles. The zero-order chi connectivity index (χ0) is 14.4. The molecule has 2 rings (SSSR count). The number of fused-ring (bicyclic) bond motifs is 1. The van der Waals surface area contributed by atoms with Crippen LogP contribution in [0.2, 0.25) is 0 Å². The van der Waals surface area contributed by atoms with Crippen LogP contribution in [-0.4, -0.2) is 29.6 Å². The third-order valence-electron chi connectivity index (χ3n) is 3.38. The Hall–Kier alpha value is -1.84. The number of benzene rings is 1. The molecule has 0 aliphatic heterocycles. The molecule has 0 unspecified atom stereocenters. The van der Waals surface area contributed by atoms with Gasteiger partial charge in [-0.3, -0.25) is 0 Å². The monoisotopic (exact) mass is 272 g/mol. The Morgan fingerprint density at radius 3 is 2.60 bits per heavy atom. The van der Waals surface area contributed by atoms with Gasteiger partial charge in [0.25, 0.3) is 0 Å². The summed E-state index contributed by atoms with van der Waals surface area (Å²) in [5.74, 6) is 1.76. The molecule has 0 bridgehead atoms. The third-order valence-corrected chi connectivity index (χ3v) is 3.38. The molecule has 0 spiro atoms. The summed E-state index contributed by atoms with van der Waals surface area (Å²) in [7, 11) is 0. The zero-order valence-electron chi connectivity index (χ0n) is 12.7. The van der Waals surface area contributed by atoms with E-state index in [4.69, 9.17) is 4.98 Å². The van der Waals surface area contributed by atoms with E-state index in [1.165, 1.54) is 12.8 Å². The number of anilines is 2. The second-order valence-electron chi connectivity index (χ2n) is 4.85. The van der Waals surface area contributed by atoms with Crippen LogP contribution in [0.3, 0.4) is 0 Å². The molecule has 1 aromatic heterocycles. The highest BCUT2D eigenvalue weighted by Gasteiger charge is 2.12. The quantitative estimate of drug-likeness (QED) is 0.834. The van der Waals surface area contributed by atoms with Crippen molar-refractivity contribution in [2.45, 2.75) is 33.6 Å². The first-order valence-electron chi connectivity index (χ1n) is 7.55. The van der Waals surface area contributed by atoms with Gasteiger partial charge in [-0.2, -0.15) is 4.98 Å². The number of para-hydroxylation sites is 1. The maximum Gasteiger partial charge on any atom is 0.225 e. The van der Waals surface area contributed by atoms with Gasteiger partial charge in [-0.1, -0.05) is 25.5 Å². The fraction of sp³-hybridized carbons (Fsp3) is 0.500. The molecule has 0 aliphatic rings. The lowest BCUT2D eigenvalue weighted by Crippen LogP contribution is -2.25. The molecule has 20 heavy (non-hydrogen) atoms. The van der Waals surface area contributed by atoms with E-state index < -0.39 is 0 Å². The lowest BCUT2D eigenvalue weighted by molar-refractivity contribution is 0.726. The van der Waals surface area contributed by atoms with E-state index in [1.54, 1.807) is 0 Å². The Morgan fingerprint density at radius 1 is 1.10 bits per heavy atom. The van der Waals surface area contributed by atoms with Gasteiger partial charge in [0.1, 0.15) is 5.82 Å². The Morgan fingerprint density at radius 2 is 1.90 bits per heavy atom. The Bertz CT molecular complexity index is 553. The minimum atomic E-state index is 0.719. The zero-order valence-corrected chi connectivity index (χ0v) is 12.7. The first kappa shape index (κ1) is 14.6. The van der Waals surface area contributed by atoms with Crippen molar-refractivity contribution in [1.29, 1.82) is 0 Å². The molecule has 1 N–H and O–H groups in total. The number of hydrogen-bond acceptors (Lipinski definition) is 4. The maximum absolute atomic E-state index is 4.72. The van der Waals surface area contributed by atoms with E-state index in [0.717, 1.165) is 42.3 Å². The summed E-state index contributed by atoms with van der Waals surface area (Å²) in [6, 6.07) is 8.23. The lowest BCUT2D eigenvalue weighted by Gasteiger charge is -2.23. The fourth-order valence-corrected chi connectivity index (χ4v) is 2.30.